The van der Waals surface area contributed by atoms with Gasteiger partial charge in [0.1, 0.15) is 0 Å². The molecule has 0 saturated heterocycles. The Balaban J connectivity index is 2.12. The van der Waals surface area contributed by atoms with Gasteiger partial charge in [0.25, 0.3) is 0 Å². The highest BCUT2D eigenvalue weighted by molar-refractivity contribution is 5.96. The SMILES string of the molecule is COc1cccc(C2CC(=O)N(Cc3cccc(C#N)c3)C(C)=C2C(=O)OC(C)C)c1OC. The normalized spacial score (nSPS) is 16.0. The van der Waals surface area contributed by atoms with Crippen LogP contribution in [0.15, 0.2) is 53.7 Å². The quantitative estimate of drug-likeness (QED) is 0.586. The Kier molecular flexibility index (Phi) is 7.39. The molecule has 1 aliphatic rings. The van der Waals surface area contributed by atoms with Gasteiger partial charge in [0.2, 0.25) is 5.91 Å². The van der Waals surface area contributed by atoms with Gasteiger partial charge < -0.3 is 19.1 Å². The molecule has 2 aromatic rings. The summed E-state index contributed by atoms with van der Waals surface area (Å²) in [6.45, 7) is 5.57. The monoisotopic (exact) mass is 448 g/mol. The molecule has 0 radical (unpaired) electrons. The van der Waals surface area contributed by atoms with Crippen LogP contribution in [0.5, 0.6) is 11.5 Å². The largest absolute Gasteiger partial charge is 0.493 e. The number of carbonyl (C=O) groups is 2. The zero-order valence-electron chi connectivity index (χ0n) is 19.5. The standard InChI is InChI=1S/C26H28N2O5/c1-16(2)33-26(30)24-17(3)28(15-19-9-6-8-18(12-19)14-27)23(29)13-21(24)20-10-7-11-22(31-4)25(20)32-5/h6-12,16,21H,13,15H2,1-5H3. The van der Waals surface area contributed by atoms with Gasteiger partial charge in [-0.3, -0.25) is 4.79 Å². The Morgan fingerprint density at radius 1 is 1.18 bits per heavy atom. The van der Waals surface area contributed by atoms with Gasteiger partial charge in [-0.2, -0.15) is 5.26 Å². The lowest BCUT2D eigenvalue weighted by Gasteiger charge is -2.35. The number of allylic oxidation sites excluding steroid dienone is 1. The maximum absolute atomic E-state index is 13.3. The molecule has 33 heavy (non-hydrogen) atoms. The Hall–Kier alpha value is -3.79. The van der Waals surface area contributed by atoms with Crippen LogP contribution in [-0.2, 0) is 20.9 Å². The van der Waals surface area contributed by atoms with E-state index in [0.717, 1.165) is 5.56 Å². The molecule has 0 bridgehead atoms. The van der Waals surface area contributed by atoms with Gasteiger partial charge in [-0.25, -0.2) is 4.79 Å². The van der Waals surface area contributed by atoms with E-state index in [1.54, 1.807) is 57.0 Å². The molecule has 2 aromatic carbocycles. The van der Waals surface area contributed by atoms with Crippen molar-refractivity contribution in [3.8, 4) is 17.6 Å². The van der Waals surface area contributed by atoms with Crippen molar-refractivity contribution < 1.29 is 23.8 Å². The van der Waals surface area contributed by atoms with Gasteiger partial charge in [-0.1, -0.05) is 24.3 Å². The Morgan fingerprint density at radius 2 is 1.91 bits per heavy atom. The number of benzene rings is 2. The highest BCUT2D eigenvalue weighted by atomic mass is 16.5. The molecule has 0 aliphatic carbocycles. The first kappa shape index (κ1) is 23.9. The summed E-state index contributed by atoms with van der Waals surface area (Å²) in [5, 5.41) is 9.20. The molecule has 0 spiro atoms. The summed E-state index contributed by atoms with van der Waals surface area (Å²) < 4.78 is 16.6. The molecule has 1 aliphatic heterocycles. The van der Waals surface area contributed by atoms with Gasteiger partial charge in [0, 0.05) is 23.6 Å². The van der Waals surface area contributed by atoms with E-state index in [-0.39, 0.29) is 25.0 Å². The average molecular weight is 449 g/mol. The fraction of sp³-hybridized carbons (Fsp3) is 0.346. The highest BCUT2D eigenvalue weighted by Gasteiger charge is 2.39. The number of hydrogen-bond donors (Lipinski definition) is 0. The number of ether oxygens (including phenoxy) is 3. The topological polar surface area (TPSA) is 88.9 Å². The molecule has 1 heterocycles. The highest BCUT2D eigenvalue weighted by Crippen LogP contribution is 2.44. The molecule has 3 rings (SSSR count). The molecule has 1 unspecified atom stereocenters. The smallest absolute Gasteiger partial charge is 0.336 e. The van der Waals surface area contributed by atoms with E-state index in [0.29, 0.717) is 33.9 Å². The van der Waals surface area contributed by atoms with Crippen LogP contribution < -0.4 is 9.47 Å². The number of nitrogens with zero attached hydrogens (tertiary/aromatic N) is 2. The van der Waals surface area contributed by atoms with Crippen LogP contribution in [0, 0.1) is 11.3 Å². The molecule has 0 fully saturated rings. The Bertz CT molecular complexity index is 1130. The summed E-state index contributed by atoms with van der Waals surface area (Å²) >= 11 is 0. The van der Waals surface area contributed by atoms with Crippen LogP contribution in [0.2, 0.25) is 0 Å². The van der Waals surface area contributed by atoms with Crippen LogP contribution in [0.3, 0.4) is 0 Å². The average Bonchev–Trinajstić information content (AvgIpc) is 2.80. The van der Waals surface area contributed by atoms with Crippen molar-refractivity contribution in [1.29, 1.82) is 5.26 Å². The van der Waals surface area contributed by atoms with Gasteiger partial charge >= 0.3 is 5.97 Å². The van der Waals surface area contributed by atoms with Crippen LogP contribution in [0.25, 0.3) is 0 Å². The van der Waals surface area contributed by atoms with Crippen molar-refractivity contribution in [3.63, 3.8) is 0 Å². The van der Waals surface area contributed by atoms with Crippen LogP contribution >= 0.6 is 0 Å². The summed E-state index contributed by atoms with van der Waals surface area (Å²) in [5.74, 6) is -0.148. The lowest BCUT2D eigenvalue weighted by atomic mass is 9.83. The van der Waals surface area contributed by atoms with E-state index in [9.17, 15) is 14.9 Å². The minimum Gasteiger partial charge on any atom is -0.493 e. The third-order valence-corrected chi connectivity index (χ3v) is 5.59. The first-order valence-corrected chi connectivity index (χ1v) is 10.7. The van der Waals surface area contributed by atoms with Crippen molar-refractivity contribution in [2.45, 2.75) is 45.8 Å². The van der Waals surface area contributed by atoms with E-state index in [2.05, 4.69) is 6.07 Å². The number of nitriles is 1. The minimum absolute atomic E-state index is 0.0708. The number of esters is 1. The molecule has 7 heteroatoms. The van der Waals surface area contributed by atoms with Crippen LogP contribution in [0.4, 0.5) is 0 Å². The zero-order valence-corrected chi connectivity index (χ0v) is 19.5. The molecule has 0 saturated carbocycles. The third kappa shape index (κ3) is 5.01. The first-order chi connectivity index (χ1) is 15.8. The lowest BCUT2D eigenvalue weighted by Crippen LogP contribution is -2.38. The second-order valence-electron chi connectivity index (χ2n) is 8.08. The maximum Gasteiger partial charge on any atom is 0.336 e. The van der Waals surface area contributed by atoms with Gasteiger partial charge in [0.15, 0.2) is 11.5 Å². The summed E-state index contributed by atoms with van der Waals surface area (Å²) in [7, 11) is 3.07. The molecule has 172 valence electrons. The Labute approximate surface area is 194 Å². The van der Waals surface area contributed by atoms with Crippen LogP contribution in [0.1, 0.15) is 49.8 Å². The number of amides is 1. The van der Waals surface area contributed by atoms with Gasteiger partial charge in [-0.15, -0.1) is 0 Å². The molecule has 1 atom stereocenters. The molecular weight excluding hydrogens is 420 g/mol. The summed E-state index contributed by atoms with van der Waals surface area (Å²) in [5.41, 5.74) is 2.93. The number of rotatable bonds is 7. The molecular formula is C26H28N2O5. The first-order valence-electron chi connectivity index (χ1n) is 10.7. The zero-order chi connectivity index (χ0) is 24.1. The van der Waals surface area contributed by atoms with Crippen LogP contribution in [-0.4, -0.2) is 37.1 Å². The maximum atomic E-state index is 13.3. The van der Waals surface area contributed by atoms with E-state index in [4.69, 9.17) is 14.2 Å². The summed E-state index contributed by atoms with van der Waals surface area (Å²) in [4.78, 5) is 28.1. The van der Waals surface area contributed by atoms with Crippen molar-refractivity contribution in [1.82, 2.24) is 4.90 Å². The summed E-state index contributed by atoms with van der Waals surface area (Å²) in [6, 6.07) is 14.6. The van der Waals surface area contributed by atoms with Crippen molar-refractivity contribution in [2.75, 3.05) is 14.2 Å². The van der Waals surface area contributed by atoms with E-state index >= 15 is 0 Å². The molecule has 0 aromatic heterocycles. The Morgan fingerprint density at radius 3 is 2.55 bits per heavy atom. The van der Waals surface area contributed by atoms with Gasteiger partial charge in [-0.05, 0) is 44.5 Å². The van der Waals surface area contributed by atoms with E-state index in [1.165, 1.54) is 7.11 Å². The second-order valence-corrected chi connectivity index (χ2v) is 8.08. The predicted octanol–water partition coefficient (Wildman–Crippen LogP) is 4.32. The molecule has 1 amide bonds. The number of para-hydroxylation sites is 1. The van der Waals surface area contributed by atoms with E-state index in [1.807, 2.05) is 18.2 Å². The third-order valence-electron chi connectivity index (χ3n) is 5.59. The molecule has 7 nitrogen and oxygen atoms in total. The van der Waals surface area contributed by atoms with Gasteiger partial charge in [0.05, 0.1) is 44.1 Å². The van der Waals surface area contributed by atoms with Crippen molar-refractivity contribution in [3.05, 3.63) is 70.4 Å². The van der Waals surface area contributed by atoms with Crippen molar-refractivity contribution in [2.24, 2.45) is 0 Å². The van der Waals surface area contributed by atoms with E-state index < -0.39 is 11.9 Å². The number of methoxy groups -OCH3 is 2. The fourth-order valence-electron chi connectivity index (χ4n) is 4.12. The minimum atomic E-state index is -0.546. The molecule has 0 N–H and O–H groups in total. The number of carbonyl (C=O) groups excluding carboxylic acids is 2. The fourth-order valence-corrected chi connectivity index (χ4v) is 4.12. The number of hydrogen-bond acceptors (Lipinski definition) is 6. The summed E-state index contributed by atoms with van der Waals surface area (Å²) in [6.07, 6.45) is -0.245. The predicted molar refractivity (Wildman–Crippen MR) is 123 cm³/mol. The second kappa shape index (κ2) is 10.2. The van der Waals surface area contributed by atoms with Crippen molar-refractivity contribution >= 4 is 11.9 Å². The lowest BCUT2D eigenvalue weighted by molar-refractivity contribution is -0.143.